The van der Waals surface area contributed by atoms with E-state index in [0.717, 1.165) is 9.13 Å². The average molecular weight is 284 g/mol. The SMILES string of the molecule is CC(O)n1c(=O)c2c(ncn2C(C)O)n(C(C)O)c1=O. The molecule has 0 aromatic carbocycles. The molecule has 3 N–H and O–H groups in total. The second-order valence-corrected chi connectivity index (χ2v) is 4.55. The summed E-state index contributed by atoms with van der Waals surface area (Å²) in [5.41, 5.74) is -1.77. The minimum absolute atomic E-state index is 0.0483. The van der Waals surface area contributed by atoms with Crippen LogP contribution in [0, 0.1) is 0 Å². The second-order valence-electron chi connectivity index (χ2n) is 4.55. The Morgan fingerprint density at radius 2 is 1.55 bits per heavy atom. The van der Waals surface area contributed by atoms with Crippen LogP contribution in [-0.4, -0.2) is 34.0 Å². The van der Waals surface area contributed by atoms with Crippen LogP contribution in [-0.2, 0) is 0 Å². The molecule has 9 heteroatoms. The van der Waals surface area contributed by atoms with Crippen LogP contribution in [0.25, 0.3) is 11.2 Å². The zero-order valence-electron chi connectivity index (χ0n) is 11.3. The maximum Gasteiger partial charge on any atom is 0.337 e. The Kier molecular flexibility index (Phi) is 3.50. The van der Waals surface area contributed by atoms with Gasteiger partial charge in [0.1, 0.15) is 18.7 Å². The Bertz CT molecular complexity index is 752. The quantitative estimate of drug-likeness (QED) is 0.657. The van der Waals surface area contributed by atoms with Gasteiger partial charge in [-0.1, -0.05) is 0 Å². The third kappa shape index (κ3) is 1.96. The fourth-order valence-electron chi connectivity index (χ4n) is 2.09. The highest BCUT2D eigenvalue weighted by atomic mass is 16.3. The maximum absolute atomic E-state index is 12.3. The van der Waals surface area contributed by atoms with Crippen LogP contribution in [0.4, 0.5) is 0 Å². The first-order chi connectivity index (χ1) is 9.27. The van der Waals surface area contributed by atoms with Crippen LogP contribution in [0.1, 0.15) is 39.5 Å². The van der Waals surface area contributed by atoms with Crippen molar-refractivity contribution in [2.24, 2.45) is 0 Å². The number of nitrogens with zero attached hydrogens (tertiary/aromatic N) is 4. The molecule has 0 aliphatic rings. The predicted molar refractivity (Wildman–Crippen MR) is 69.0 cm³/mol. The van der Waals surface area contributed by atoms with Crippen molar-refractivity contribution in [1.29, 1.82) is 0 Å². The Hall–Kier alpha value is -1.97. The zero-order chi connectivity index (χ0) is 15.2. The highest BCUT2D eigenvalue weighted by molar-refractivity contribution is 5.70. The lowest BCUT2D eigenvalue weighted by molar-refractivity contribution is 0.0938. The summed E-state index contributed by atoms with van der Waals surface area (Å²) in [7, 11) is 0. The van der Waals surface area contributed by atoms with Crippen LogP contribution in [0.3, 0.4) is 0 Å². The van der Waals surface area contributed by atoms with Gasteiger partial charge in [-0.15, -0.1) is 0 Å². The second kappa shape index (κ2) is 4.85. The summed E-state index contributed by atoms with van der Waals surface area (Å²) in [6.45, 7) is 4.01. The summed E-state index contributed by atoms with van der Waals surface area (Å²) in [5, 5.41) is 28.9. The van der Waals surface area contributed by atoms with Gasteiger partial charge in [-0.25, -0.2) is 18.9 Å². The fourth-order valence-corrected chi connectivity index (χ4v) is 2.09. The molecule has 2 rings (SSSR count). The Morgan fingerprint density at radius 3 is 2.00 bits per heavy atom. The standard InChI is InChI=1S/C11H16N4O5/c1-5(16)13-4-12-9-8(13)10(19)15(7(3)18)11(20)14(9)6(2)17/h4-7,16-18H,1-3H3. The number of aliphatic hydroxyl groups excluding tert-OH is 3. The molecule has 0 amide bonds. The van der Waals surface area contributed by atoms with Gasteiger partial charge in [-0.2, -0.15) is 0 Å². The highest BCUT2D eigenvalue weighted by Gasteiger charge is 2.22. The first kappa shape index (κ1) is 14.4. The first-order valence-electron chi connectivity index (χ1n) is 6.05. The molecule has 3 unspecified atom stereocenters. The van der Waals surface area contributed by atoms with Gasteiger partial charge in [0.05, 0.1) is 6.33 Å². The molecular formula is C11H16N4O5. The highest BCUT2D eigenvalue weighted by Crippen LogP contribution is 2.14. The smallest absolute Gasteiger partial charge is 0.337 e. The van der Waals surface area contributed by atoms with E-state index in [1.54, 1.807) is 0 Å². The molecule has 110 valence electrons. The predicted octanol–water partition coefficient (Wildman–Crippen LogP) is -1.11. The molecule has 20 heavy (non-hydrogen) atoms. The van der Waals surface area contributed by atoms with E-state index in [0.29, 0.717) is 4.57 Å². The third-order valence-corrected chi connectivity index (χ3v) is 2.99. The van der Waals surface area contributed by atoms with Crippen LogP contribution in [0.15, 0.2) is 15.9 Å². The van der Waals surface area contributed by atoms with Crippen molar-refractivity contribution in [2.45, 2.75) is 39.5 Å². The van der Waals surface area contributed by atoms with Crippen LogP contribution in [0.2, 0.25) is 0 Å². The van der Waals surface area contributed by atoms with Crippen molar-refractivity contribution in [3.05, 3.63) is 27.2 Å². The summed E-state index contributed by atoms with van der Waals surface area (Å²) < 4.78 is 2.63. The number of hydrogen-bond acceptors (Lipinski definition) is 6. The number of rotatable bonds is 3. The molecule has 0 bridgehead atoms. The molecule has 0 radical (unpaired) electrons. The molecule has 2 heterocycles. The summed E-state index contributed by atoms with van der Waals surface area (Å²) in [6.07, 6.45) is -2.47. The van der Waals surface area contributed by atoms with Gasteiger partial charge in [0.15, 0.2) is 11.2 Å². The molecule has 0 aliphatic heterocycles. The van der Waals surface area contributed by atoms with Crippen molar-refractivity contribution >= 4 is 11.2 Å². The van der Waals surface area contributed by atoms with E-state index in [2.05, 4.69) is 4.98 Å². The molecule has 9 nitrogen and oxygen atoms in total. The molecule has 2 aromatic heterocycles. The van der Waals surface area contributed by atoms with Gasteiger partial charge in [0.25, 0.3) is 5.56 Å². The van der Waals surface area contributed by atoms with E-state index in [1.165, 1.54) is 27.1 Å². The van der Waals surface area contributed by atoms with Gasteiger partial charge >= 0.3 is 5.69 Å². The molecule has 0 spiro atoms. The van der Waals surface area contributed by atoms with E-state index in [4.69, 9.17) is 0 Å². The number of imidazole rings is 1. The molecule has 0 saturated carbocycles. The van der Waals surface area contributed by atoms with E-state index in [-0.39, 0.29) is 11.2 Å². The minimum atomic E-state index is -1.37. The van der Waals surface area contributed by atoms with Crippen molar-refractivity contribution in [3.8, 4) is 0 Å². The van der Waals surface area contributed by atoms with Gasteiger partial charge < -0.3 is 15.3 Å². The van der Waals surface area contributed by atoms with E-state index < -0.39 is 29.9 Å². The van der Waals surface area contributed by atoms with Crippen molar-refractivity contribution < 1.29 is 15.3 Å². The van der Waals surface area contributed by atoms with Crippen LogP contribution < -0.4 is 11.2 Å². The molecule has 0 fully saturated rings. The number of fused-ring (bicyclic) bond motifs is 1. The summed E-state index contributed by atoms with van der Waals surface area (Å²) >= 11 is 0. The third-order valence-electron chi connectivity index (χ3n) is 2.99. The van der Waals surface area contributed by atoms with E-state index in [9.17, 15) is 24.9 Å². The van der Waals surface area contributed by atoms with Crippen molar-refractivity contribution in [1.82, 2.24) is 18.7 Å². The molecular weight excluding hydrogens is 268 g/mol. The van der Waals surface area contributed by atoms with Gasteiger partial charge in [-0.05, 0) is 20.8 Å². The lowest BCUT2D eigenvalue weighted by atomic mass is 10.4. The van der Waals surface area contributed by atoms with Crippen molar-refractivity contribution in [2.75, 3.05) is 0 Å². The normalized spacial score (nSPS) is 16.3. The lowest BCUT2D eigenvalue weighted by Crippen LogP contribution is -2.43. The molecule has 0 saturated heterocycles. The average Bonchev–Trinajstić information content (AvgIpc) is 2.72. The monoisotopic (exact) mass is 284 g/mol. The summed E-state index contributed by atoms with van der Waals surface area (Å²) in [4.78, 5) is 28.3. The number of aliphatic hydroxyl groups is 3. The van der Waals surface area contributed by atoms with Crippen molar-refractivity contribution in [3.63, 3.8) is 0 Å². The van der Waals surface area contributed by atoms with Gasteiger partial charge in [0, 0.05) is 0 Å². The number of aromatic nitrogens is 4. The topological polar surface area (TPSA) is 123 Å². The molecule has 2 aromatic rings. The fraction of sp³-hybridized carbons (Fsp3) is 0.545. The lowest BCUT2D eigenvalue weighted by Gasteiger charge is -2.16. The van der Waals surface area contributed by atoms with Gasteiger partial charge in [0.2, 0.25) is 0 Å². The Labute approximate surface area is 113 Å². The largest absolute Gasteiger partial charge is 0.374 e. The van der Waals surface area contributed by atoms with Gasteiger partial charge in [-0.3, -0.25) is 9.36 Å². The van der Waals surface area contributed by atoms with E-state index in [1.807, 2.05) is 0 Å². The number of hydrogen-bond donors (Lipinski definition) is 3. The molecule has 0 aliphatic carbocycles. The Morgan fingerprint density at radius 1 is 1.00 bits per heavy atom. The summed E-state index contributed by atoms with van der Waals surface area (Å²) in [5.74, 6) is 0. The van der Waals surface area contributed by atoms with Crippen LogP contribution in [0.5, 0.6) is 0 Å². The maximum atomic E-state index is 12.3. The van der Waals surface area contributed by atoms with Crippen LogP contribution >= 0.6 is 0 Å². The minimum Gasteiger partial charge on any atom is -0.374 e. The summed E-state index contributed by atoms with van der Waals surface area (Å²) in [6, 6.07) is 0. The molecule has 3 atom stereocenters. The first-order valence-corrected chi connectivity index (χ1v) is 6.05. The Balaban J connectivity index is 3.07. The van der Waals surface area contributed by atoms with E-state index >= 15 is 0 Å². The zero-order valence-corrected chi connectivity index (χ0v) is 11.3.